The Kier molecular flexibility index (Phi) is 3.40. The van der Waals surface area contributed by atoms with Gasteiger partial charge in [0.15, 0.2) is 5.16 Å². The normalized spacial score (nSPS) is 22.4. The Bertz CT molecular complexity index is 514. The van der Waals surface area contributed by atoms with Crippen molar-refractivity contribution in [2.75, 3.05) is 37.3 Å². The van der Waals surface area contributed by atoms with Gasteiger partial charge in [0.2, 0.25) is 0 Å². The molecule has 1 aromatic rings. The zero-order valence-electron chi connectivity index (χ0n) is 10.5. The number of piperazine rings is 1. The lowest BCUT2D eigenvalue weighted by atomic mass is 10.2. The summed E-state index contributed by atoms with van der Waals surface area (Å²) in [5.74, 6) is 0.836. The summed E-state index contributed by atoms with van der Waals surface area (Å²) in [6.07, 6.45) is 1.92. The van der Waals surface area contributed by atoms with Crippen LogP contribution in [0.5, 0.6) is 0 Å². The zero-order valence-corrected chi connectivity index (χ0v) is 12.0. The van der Waals surface area contributed by atoms with Crippen molar-refractivity contribution in [1.82, 2.24) is 20.2 Å². The highest BCUT2D eigenvalue weighted by molar-refractivity contribution is 7.98. The van der Waals surface area contributed by atoms with E-state index in [0.717, 1.165) is 18.9 Å². The Balaban J connectivity index is 1.80. The number of carbonyl (C=O) groups excluding carboxylic acids is 1. The van der Waals surface area contributed by atoms with Crippen molar-refractivity contribution >= 4 is 35.2 Å². The fourth-order valence-electron chi connectivity index (χ4n) is 2.45. The average molecular weight is 300 g/mol. The summed E-state index contributed by atoms with van der Waals surface area (Å²) in [5.41, 5.74) is 0. The number of rotatable bonds is 2. The molecule has 3 rings (SSSR count). The number of fused-ring (bicyclic) bond motifs is 1. The van der Waals surface area contributed by atoms with Gasteiger partial charge in [-0.1, -0.05) is 23.4 Å². The second-order valence-corrected chi connectivity index (χ2v) is 5.68. The van der Waals surface area contributed by atoms with Crippen LogP contribution in [0.2, 0.25) is 5.15 Å². The maximum atomic E-state index is 11.6. The van der Waals surface area contributed by atoms with Crippen LogP contribution in [0.25, 0.3) is 0 Å². The van der Waals surface area contributed by atoms with Gasteiger partial charge in [-0.05, 0) is 6.26 Å². The monoisotopic (exact) mass is 299 g/mol. The predicted octanol–water partition coefficient (Wildman–Crippen LogP) is 1.07. The Labute approximate surface area is 120 Å². The lowest BCUT2D eigenvalue weighted by Gasteiger charge is -2.37. The van der Waals surface area contributed by atoms with Crippen molar-refractivity contribution in [2.24, 2.45) is 0 Å². The average Bonchev–Trinajstić information content (AvgIpc) is 2.79. The number of halogens is 1. The molecule has 3 heterocycles. The highest BCUT2D eigenvalue weighted by Crippen LogP contribution is 2.23. The van der Waals surface area contributed by atoms with Crippen molar-refractivity contribution in [1.29, 1.82) is 0 Å². The van der Waals surface area contributed by atoms with Gasteiger partial charge in [0.25, 0.3) is 0 Å². The van der Waals surface area contributed by atoms with Gasteiger partial charge in [-0.2, -0.15) is 0 Å². The number of nitrogens with one attached hydrogen (secondary N) is 1. The molecule has 2 fully saturated rings. The minimum Gasteiger partial charge on any atom is -0.353 e. The maximum Gasteiger partial charge on any atom is 0.317 e. The van der Waals surface area contributed by atoms with Crippen LogP contribution in [-0.4, -0.2) is 59.4 Å². The Morgan fingerprint density at radius 3 is 3.11 bits per heavy atom. The quantitative estimate of drug-likeness (QED) is 0.503. The van der Waals surface area contributed by atoms with E-state index in [-0.39, 0.29) is 12.1 Å². The first-order valence-electron chi connectivity index (χ1n) is 6.05. The van der Waals surface area contributed by atoms with Crippen LogP contribution in [0.1, 0.15) is 0 Å². The SMILES string of the molecule is CSc1nc(Cl)cc(N2CCN3C(=O)NCC3C2)n1. The Hall–Kier alpha value is -1.21. The standard InChI is InChI=1S/C11H14ClN5OS/c1-19-10-14-8(12)4-9(15-10)16-2-3-17-7(6-16)5-13-11(17)18/h4,7H,2-3,5-6H2,1H3,(H,13,18). The molecule has 1 aromatic heterocycles. The van der Waals surface area contributed by atoms with E-state index in [2.05, 4.69) is 20.2 Å². The first kappa shape index (κ1) is 12.8. The fraction of sp³-hybridized carbons (Fsp3) is 0.545. The summed E-state index contributed by atoms with van der Waals surface area (Å²) in [5, 5.41) is 3.99. The number of nitrogens with zero attached hydrogens (tertiary/aromatic N) is 4. The number of carbonyl (C=O) groups is 1. The van der Waals surface area contributed by atoms with Crippen LogP contribution in [-0.2, 0) is 0 Å². The lowest BCUT2D eigenvalue weighted by Crippen LogP contribution is -2.52. The van der Waals surface area contributed by atoms with Crippen molar-refractivity contribution in [3.63, 3.8) is 0 Å². The molecule has 0 aliphatic carbocycles. The van der Waals surface area contributed by atoms with Crippen LogP contribution in [0.15, 0.2) is 11.2 Å². The number of hydrogen-bond acceptors (Lipinski definition) is 5. The van der Waals surface area contributed by atoms with Crippen molar-refractivity contribution in [3.8, 4) is 0 Å². The lowest BCUT2D eigenvalue weighted by molar-refractivity contribution is 0.197. The number of thioether (sulfide) groups is 1. The van der Waals surface area contributed by atoms with E-state index in [9.17, 15) is 4.79 Å². The first-order chi connectivity index (χ1) is 9.17. The summed E-state index contributed by atoms with van der Waals surface area (Å²) in [7, 11) is 0. The van der Waals surface area contributed by atoms with Crippen LogP contribution in [0, 0.1) is 0 Å². The third kappa shape index (κ3) is 2.44. The second kappa shape index (κ2) is 5.05. The molecular formula is C11H14ClN5OS. The van der Waals surface area contributed by atoms with Crippen molar-refractivity contribution in [2.45, 2.75) is 11.2 Å². The molecule has 8 heteroatoms. The Morgan fingerprint density at radius 1 is 1.47 bits per heavy atom. The summed E-state index contributed by atoms with van der Waals surface area (Å²) >= 11 is 7.49. The minimum atomic E-state index is 0.0372. The predicted molar refractivity (Wildman–Crippen MR) is 74.9 cm³/mol. The van der Waals surface area contributed by atoms with E-state index in [0.29, 0.717) is 23.4 Å². The molecule has 0 bridgehead atoms. The summed E-state index contributed by atoms with van der Waals surface area (Å²) in [6.45, 7) is 2.96. The summed E-state index contributed by atoms with van der Waals surface area (Å²) < 4.78 is 0. The number of urea groups is 1. The molecular weight excluding hydrogens is 286 g/mol. The van der Waals surface area contributed by atoms with Gasteiger partial charge in [0.05, 0.1) is 6.04 Å². The van der Waals surface area contributed by atoms with Gasteiger partial charge in [0.1, 0.15) is 11.0 Å². The molecule has 19 heavy (non-hydrogen) atoms. The van der Waals surface area contributed by atoms with Crippen LogP contribution < -0.4 is 10.2 Å². The molecule has 0 aromatic carbocycles. The smallest absolute Gasteiger partial charge is 0.317 e. The van der Waals surface area contributed by atoms with E-state index < -0.39 is 0 Å². The molecule has 2 saturated heterocycles. The molecule has 0 saturated carbocycles. The Morgan fingerprint density at radius 2 is 2.32 bits per heavy atom. The molecule has 102 valence electrons. The molecule has 0 radical (unpaired) electrons. The first-order valence-corrected chi connectivity index (χ1v) is 7.65. The molecule has 2 aliphatic rings. The van der Waals surface area contributed by atoms with Gasteiger partial charge in [-0.15, -0.1) is 0 Å². The number of hydrogen-bond donors (Lipinski definition) is 1. The molecule has 6 nitrogen and oxygen atoms in total. The van der Waals surface area contributed by atoms with Crippen LogP contribution in [0.3, 0.4) is 0 Å². The second-order valence-electron chi connectivity index (χ2n) is 4.51. The van der Waals surface area contributed by atoms with Gasteiger partial charge >= 0.3 is 6.03 Å². The third-order valence-corrected chi connectivity index (χ3v) is 4.14. The van der Waals surface area contributed by atoms with E-state index in [1.807, 2.05) is 11.2 Å². The largest absolute Gasteiger partial charge is 0.353 e. The highest BCUT2D eigenvalue weighted by atomic mass is 35.5. The topological polar surface area (TPSA) is 61.4 Å². The minimum absolute atomic E-state index is 0.0372. The van der Waals surface area contributed by atoms with Crippen molar-refractivity contribution in [3.05, 3.63) is 11.2 Å². The molecule has 2 amide bonds. The maximum absolute atomic E-state index is 11.6. The van der Waals surface area contributed by atoms with Crippen LogP contribution >= 0.6 is 23.4 Å². The highest BCUT2D eigenvalue weighted by Gasteiger charge is 2.35. The van der Waals surface area contributed by atoms with Crippen molar-refractivity contribution < 1.29 is 4.79 Å². The summed E-state index contributed by atoms with van der Waals surface area (Å²) in [6, 6.07) is 2.03. The number of aromatic nitrogens is 2. The van der Waals surface area contributed by atoms with E-state index >= 15 is 0 Å². The van der Waals surface area contributed by atoms with E-state index in [4.69, 9.17) is 11.6 Å². The van der Waals surface area contributed by atoms with Crippen LogP contribution in [0.4, 0.5) is 10.6 Å². The zero-order chi connectivity index (χ0) is 13.4. The molecule has 1 atom stereocenters. The van der Waals surface area contributed by atoms with E-state index in [1.165, 1.54) is 11.8 Å². The molecule has 2 aliphatic heterocycles. The van der Waals surface area contributed by atoms with E-state index in [1.54, 1.807) is 6.07 Å². The molecule has 0 spiro atoms. The fourth-order valence-corrected chi connectivity index (χ4v) is 3.05. The third-order valence-electron chi connectivity index (χ3n) is 3.40. The number of amides is 2. The van der Waals surface area contributed by atoms with Gasteiger partial charge in [-0.3, -0.25) is 0 Å². The van der Waals surface area contributed by atoms with Gasteiger partial charge in [0, 0.05) is 32.2 Å². The number of anilines is 1. The van der Waals surface area contributed by atoms with Gasteiger partial charge < -0.3 is 15.1 Å². The summed E-state index contributed by atoms with van der Waals surface area (Å²) in [4.78, 5) is 24.2. The molecule has 1 unspecified atom stereocenters. The molecule has 1 N–H and O–H groups in total. The van der Waals surface area contributed by atoms with Gasteiger partial charge in [-0.25, -0.2) is 14.8 Å².